The minimum Gasteiger partial charge on any atom is -0.351 e. The lowest BCUT2D eigenvalue weighted by molar-refractivity contribution is -0.137. The van der Waals surface area contributed by atoms with E-state index in [1.165, 1.54) is 17.5 Å². The van der Waals surface area contributed by atoms with E-state index >= 15 is 0 Å². The lowest BCUT2D eigenvalue weighted by atomic mass is 10.1. The van der Waals surface area contributed by atoms with E-state index < -0.39 is 11.7 Å². The number of aromatic nitrogens is 1. The Morgan fingerprint density at radius 1 is 1.43 bits per heavy atom. The minimum absolute atomic E-state index is 0.0218. The summed E-state index contributed by atoms with van der Waals surface area (Å²) < 4.78 is 38.2. The highest BCUT2D eigenvalue weighted by atomic mass is 32.1. The number of rotatable bonds is 5. The van der Waals surface area contributed by atoms with Crippen LogP contribution in [0.1, 0.15) is 29.4 Å². The second-order valence-corrected chi connectivity index (χ2v) is 6.00. The van der Waals surface area contributed by atoms with Gasteiger partial charge in [0.25, 0.3) is 5.91 Å². The molecule has 23 heavy (non-hydrogen) atoms. The van der Waals surface area contributed by atoms with Gasteiger partial charge in [-0.3, -0.25) is 4.79 Å². The predicted molar refractivity (Wildman–Crippen MR) is 83.2 cm³/mol. The van der Waals surface area contributed by atoms with Crippen LogP contribution in [0.4, 0.5) is 13.2 Å². The van der Waals surface area contributed by atoms with Crippen LogP contribution in [0.3, 0.4) is 0 Å². The number of nitrogens with one attached hydrogen (secondary N) is 1. The maximum Gasteiger partial charge on any atom is 0.416 e. The van der Waals surface area contributed by atoms with E-state index in [-0.39, 0.29) is 17.6 Å². The zero-order valence-electron chi connectivity index (χ0n) is 12.4. The summed E-state index contributed by atoms with van der Waals surface area (Å²) in [6, 6.07) is 4.86. The second kappa shape index (κ2) is 7.10. The van der Waals surface area contributed by atoms with Crippen LogP contribution < -0.4 is 11.1 Å². The van der Waals surface area contributed by atoms with Gasteiger partial charge in [-0.15, -0.1) is 11.3 Å². The summed E-state index contributed by atoms with van der Waals surface area (Å²) in [5, 5.41) is 4.57. The fourth-order valence-corrected chi connectivity index (χ4v) is 2.64. The first-order valence-corrected chi connectivity index (χ1v) is 7.82. The van der Waals surface area contributed by atoms with Crippen molar-refractivity contribution in [3.63, 3.8) is 0 Å². The van der Waals surface area contributed by atoms with Crippen molar-refractivity contribution in [2.45, 2.75) is 25.6 Å². The first-order chi connectivity index (χ1) is 10.8. The predicted octanol–water partition coefficient (Wildman–Crippen LogP) is 3.30. The van der Waals surface area contributed by atoms with Gasteiger partial charge in [0.2, 0.25) is 0 Å². The molecule has 1 amide bonds. The van der Waals surface area contributed by atoms with Crippen LogP contribution in [0.2, 0.25) is 0 Å². The Bertz CT molecular complexity index is 683. The van der Waals surface area contributed by atoms with Gasteiger partial charge in [0.1, 0.15) is 10.7 Å². The van der Waals surface area contributed by atoms with Crippen LogP contribution in [0.15, 0.2) is 29.6 Å². The molecule has 3 N–H and O–H groups in total. The number of carbonyl (C=O) groups excluding carboxylic acids is 1. The fraction of sp³-hybridized carbons (Fsp3) is 0.333. The number of hydrogen-bond acceptors (Lipinski definition) is 4. The number of halogens is 3. The molecule has 0 fully saturated rings. The summed E-state index contributed by atoms with van der Waals surface area (Å²) >= 11 is 1.13. The molecule has 1 heterocycles. The number of thiazole rings is 1. The molecule has 0 aliphatic rings. The van der Waals surface area contributed by atoms with Crippen LogP contribution in [0.5, 0.6) is 0 Å². The topological polar surface area (TPSA) is 68.0 Å². The van der Waals surface area contributed by atoms with E-state index in [1.807, 2.05) is 6.92 Å². The van der Waals surface area contributed by atoms with Gasteiger partial charge < -0.3 is 11.1 Å². The molecule has 0 spiro atoms. The Hall–Kier alpha value is -1.93. The van der Waals surface area contributed by atoms with Crippen molar-refractivity contribution in [1.29, 1.82) is 0 Å². The Morgan fingerprint density at radius 2 is 2.17 bits per heavy atom. The summed E-state index contributed by atoms with van der Waals surface area (Å²) in [5.74, 6) is -0.361. The number of benzene rings is 1. The molecule has 1 unspecified atom stereocenters. The molecule has 4 nitrogen and oxygen atoms in total. The molecule has 0 saturated carbocycles. The van der Waals surface area contributed by atoms with Crippen molar-refractivity contribution in [3.05, 3.63) is 40.9 Å². The molecule has 1 aromatic heterocycles. The number of carbonyl (C=O) groups is 1. The third-order valence-corrected chi connectivity index (χ3v) is 3.95. The Balaban J connectivity index is 2.12. The van der Waals surface area contributed by atoms with E-state index in [4.69, 9.17) is 5.73 Å². The monoisotopic (exact) mass is 343 g/mol. The Kier molecular flexibility index (Phi) is 5.38. The van der Waals surface area contributed by atoms with E-state index in [0.29, 0.717) is 23.5 Å². The zero-order valence-corrected chi connectivity index (χ0v) is 13.2. The third-order valence-electron chi connectivity index (χ3n) is 3.06. The molecule has 0 radical (unpaired) electrons. The SMILES string of the molecule is CC(N)CCNC(=O)c1csc(-c2cccc(C(F)(F)F)c2)n1. The first-order valence-electron chi connectivity index (χ1n) is 6.94. The quantitative estimate of drug-likeness (QED) is 0.875. The second-order valence-electron chi connectivity index (χ2n) is 5.14. The summed E-state index contributed by atoms with van der Waals surface area (Å²) in [6.45, 7) is 2.26. The number of hydrogen-bond donors (Lipinski definition) is 2. The Labute approximate surface area is 135 Å². The molecule has 1 atom stereocenters. The molecule has 124 valence electrons. The maximum absolute atomic E-state index is 12.7. The van der Waals surface area contributed by atoms with Crippen molar-refractivity contribution in [3.8, 4) is 10.6 Å². The highest BCUT2D eigenvalue weighted by Gasteiger charge is 2.30. The van der Waals surface area contributed by atoms with Gasteiger partial charge in [0, 0.05) is 23.5 Å². The van der Waals surface area contributed by atoms with Crippen molar-refractivity contribution in [2.24, 2.45) is 5.73 Å². The van der Waals surface area contributed by atoms with Gasteiger partial charge in [-0.05, 0) is 25.5 Å². The van der Waals surface area contributed by atoms with E-state index in [9.17, 15) is 18.0 Å². The Morgan fingerprint density at radius 3 is 2.83 bits per heavy atom. The number of alkyl halides is 3. The minimum atomic E-state index is -4.41. The molecule has 1 aromatic carbocycles. The lowest BCUT2D eigenvalue weighted by Crippen LogP contribution is -2.29. The molecule has 0 saturated heterocycles. The van der Waals surface area contributed by atoms with Gasteiger partial charge >= 0.3 is 6.18 Å². The molecular weight excluding hydrogens is 327 g/mol. The molecule has 0 aliphatic carbocycles. The highest BCUT2D eigenvalue weighted by molar-refractivity contribution is 7.13. The number of amides is 1. The van der Waals surface area contributed by atoms with Crippen molar-refractivity contribution >= 4 is 17.2 Å². The van der Waals surface area contributed by atoms with Crippen molar-refractivity contribution in [2.75, 3.05) is 6.54 Å². The standard InChI is InChI=1S/C15H16F3N3OS/c1-9(19)5-6-20-13(22)12-8-23-14(21-12)10-3-2-4-11(7-10)15(16,17)18/h2-4,7-9H,5-6,19H2,1H3,(H,20,22). The van der Waals surface area contributed by atoms with Gasteiger partial charge in [-0.25, -0.2) is 4.98 Å². The van der Waals surface area contributed by atoms with Crippen LogP contribution in [0, 0.1) is 0 Å². The summed E-state index contributed by atoms with van der Waals surface area (Å²) in [4.78, 5) is 16.0. The fourth-order valence-electron chi connectivity index (χ4n) is 1.84. The normalized spacial score (nSPS) is 12.9. The smallest absolute Gasteiger partial charge is 0.351 e. The number of nitrogens with two attached hydrogens (primary N) is 1. The van der Waals surface area contributed by atoms with E-state index in [0.717, 1.165) is 23.5 Å². The molecule has 2 aromatic rings. The summed E-state index contributed by atoms with van der Waals surface area (Å²) in [7, 11) is 0. The summed E-state index contributed by atoms with van der Waals surface area (Å²) in [5.41, 5.74) is 5.37. The molecular formula is C15H16F3N3OS. The van der Waals surface area contributed by atoms with Crippen molar-refractivity contribution < 1.29 is 18.0 Å². The highest BCUT2D eigenvalue weighted by Crippen LogP contribution is 2.33. The van der Waals surface area contributed by atoms with Crippen LogP contribution >= 0.6 is 11.3 Å². The van der Waals surface area contributed by atoms with Gasteiger partial charge in [-0.2, -0.15) is 13.2 Å². The summed E-state index contributed by atoms with van der Waals surface area (Å²) in [6.07, 6.45) is -3.78. The van der Waals surface area contributed by atoms with Crippen LogP contribution in [0.25, 0.3) is 10.6 Å². The average Bonchev–Trinajstić information content (AvgIpc) is 2.96. The zero-order chi connectivity index (χ0) is 17.0. The molecule has 0 aliphatic heterocycles. The molecule has 8 heteroatoms. The largest absolute Gasteiger partial charge is 0.416 e. The van der Waals surface area contributed by atoms with Gasteiger partial charge in [0.05, 0.1) is 5.56 Å². The van der Waals surface area contributed by atoms with E-state index in [2.05, 4.69) is 10.3 Å². The first kappa shape index (κ1) is 17.4. The third kappa shape index (κ3) is 4.77. The van der Waals surface area contributed by atoms with Crippen LogP contribution in [-0.4, -0.2) is 23.5 Å². The molecule has 0 bridgehead atoms. The van der Waals surface area contributed by atoms with E-state index in [1.54, 1.807) is 0 Å². The van der Waals surface area contributed by atoms with Crippen LogP contribution in [-0.2, 0) is 6.18 Å². The van der Waals surface area contributed by atoms with Gasteiger partial charge in [0.15, 0.2) is 0 Å². The lowest BCUT2D eigenvalue weighted by Gasteiger charge is -2.07. The average molecular weight is 343 g/mol. The number of nitrogens with zero attached hydrogens (tertiary/aromatic N) is 1. The molecule has 2 rings (SSSR count). The maximum atomic E-state index is 12.7. The van der Waals surface area contributed by atoms with Gasteiger partial charge in [-0.1, -0.05) is 12.1 Å². The van der Waals surface area contributed by atoms with Crippen molar-refractivity contribution in [1.82, 2.24) is 10.3 Å².